The maximum absolute atomic E-state index is 10.3. The highest BCUT2D eigenvalue weighted by molar-refractivity contribution is 9.10. The first-order valence-electron chi connectivity index (χ1n) is 5.92. The Balaban J connectivity index is 2.19. The van der Waals surface area contributed by atoms with Gasteiger partial charge in [-0.3, -0.25) is 4.98 Å². The molecule has 2 nitrogen and oxygen atoms in total. The lowest BCUT2D eigenvalue weighted by atomic mass is 9.96. The van der Waals surface area contributed by atoms with Crippen LogP contribution >= 0.6 is 15.9 Å². The molecule has 94 valence electrons. The lowest BCUT2D eigenvalue weighted by molar-refractivity contribution is 0.176. The number of hydrogen-bond donors (Lipinski definition) is 1. The normalized spacial score (nSPS) is 12.4. The van der Waals surface area contributed by atoms with Gasteiger partial charge in [0, 0.05) is 22.8 Å². The second-order valence-electron chi connectivity index (χ2n) is 4.48. The standard InChI is InChI=1S/C15H16BrNO/c1-10-4-3-5-14(11(10)2)15(18)8-13-7-6-12(16)9-17-13/h3-7,9,15,18H,8H2,1-2H3. The molecule has 0 spiro atoms. The van der Waals surface area contributed by atoms with Crippen LogP contribution in [-0.4, -0.2) is 10.1 Å². The van der Waals surface area contributed by atoms with Crippen LogP contribution in [0.15, 0.2) is 41.0 Å². The van der Waals surface area contributed by atoms with Crippen LogP contribution in [0.25, 0.3) is 0 Å². The third-order valence-corrected chi connectivity index (χ3v) is 3.67. The molecule has 2 aromatic rings. The fourth-order valence-electron chi connectivity index (χ4n) is 1.97. The van der Waals surface area contributed by atoms with Crippen molar-refractivity contribution in [3.8, 4) is 0 Å². The van der Waals surface area contributed by atoms with Crippen molar-refractivity contribution in [3.05, 3.63) is 63.4 Å². The predicted molar refractivity (Wildman–Crippen MR) is 76.5 cm³/mol. The number of aryl methyl sites for hydroxylation is 1. The Morgan fingerprint density at radius 3 is 2.67 bits per heavy atom. The van der Waals surface area contributed by atoms with Crippen molar-refractivity contribution >= 4 is 15.9 Å². The van der Waals surface area contributed by atoms with Crippen LogP contribution in [0.4, 0.5) is 0 Å². The van der Waals surface area contributed by atoms with Crippen molar-refractivity contribution in [1.82, 2.24) is 4.98 Å². The van der Waals surface area contributed by atoms with E-state index in [0.29, 0.717) is 6.42 Å². The van der Waals surface area contributed by atoms with Gasteiger partial charge in [0.15, 0.2) is 0 Å². The number of benzene rings is 1. The molecule has 18 heavy (non-hydrogen) atoms. The van der Waals surface area contributed by atoms with Crippen molar-refractivity contribution in [2.75, 3.05) is 0 Å². The van der Waals surface area contributed by atoms with E-state index in [0.717, 1.165) is 21.3 Å². The number of aliphatic hydroxyl groups is 1. The molecule has 0 saturated carbocycles. The molecule has 0 radical (unpaired) electrons. The van der Waals surface area contributed by atoms with E-state index in [1.807, 2.05) is 31.2 Å². The Morgan fingerprint density at radius 2 is 2.00 bits per heavy atom. The van der Waals surface area contributed by atoms with Crippen LogP contribution < -0.4 is 0 Å². The predicted octanol–water partition coefficient (Wildman–Crippen LogP) is 3.74. The summed E-state index contributed by atoms with van der Waals surface area (Å²) in [5.74, 6) is 0. The third-order valence-electron chi connectivity index (χ3n) is 3.20. The molecule has 1 N–H and O–H groups in total. The van der Waals surface area contributed by atoms with Gasteiger partial charge in [0.25, 0.3) is 0 Å². The number of aliphatic hydroxyl groups excluding tert-OH is 1. The summed E-state index contributed by atoms with van der Waals surface area (Å²) in [6.45, 7) is 4.10. The van der Waals surface area contributed by atoms with E-state index >= 15 is 0 Å². The average molecular weight is 306 g/mol. The number of aromatic nitrogens is 1. The molecule has 0 fully saturated rings. The molecule has 0 aliphatic carbocycles. The first-order chi connectivity index (χ1) is 8.58. The molecule has 0 saturated heterocycles. The minimum Gasteiger partial charge on any atom is -0.388 e. The summed E-state index contributed by atoms with van der Waals surface area (Å²) in [7, 11) is 0. The van der Waals surface area contributed by atoms with E-state index < -0.39 is 6.10 Å². The minimum absolute atomic E-state index is 0.501. The fourth-order valence-corrected chi connectivity index (χ4v) is 2.20. The topological polar surface area (TPSA) is 33.1 Å². The Kier molecular flexibility index (Phi) is 4.15. The zero-order valence-corrected chi connectivity index (χ0v) is 12.1. The van der Waals surface area contributed by atoms with Crippen LogP contribution in [0, 0.1) is 13.8 Å². The summed E-state index contributed by atoms with van der Waals surface area (Å²) in [5, 5.41) is 10.3. The molecule has 0 aliphatic heterocycles. The summed E-state index contributed by atoms with van der Waals surface area (Å²) in [6.07, 6.45) is 1.79. The molecule has 1 atom stereocenters. The van der Waals surface area contributed by atoms with E-state index in [9.17, 15) is 5.11 Å². The van der Waals surface area contributed by atoms with E-state index in [1.54, 1.807) is 6.20 Å². The molecule has 1 aromatic carbocycles. The van der Waals surface area contributed by atoms with E-state index in [2.05, 4.69) is 33.9 Å². The van der Waals surface area contributed by atoms with Gasteiger partial charge in [0.1, 0.15) is 0 Å². The fraction of sp³-hybridized carbons (Fsp3) is 0.267. The molecule has 0 aliphatic rings. The van der Waals surface area contributed by atoms with Crippen molar-refractivity contribution < 1.29 is 5.11 Å². The molecule has 1 aromatic heterocycles. The van der Waals surface area contributed by atoms with E-state index in [-0.39, 0.29) is 0 Å². The number of halogens is 1. The second-order valence-corrected chi connectivity index (χ2v) is 5.39. The molecule has 1 heterocycles. The molecule has 1 unspecified atom stereocenters. The van der Waals surface area contributed by atoms with Gasteiger partial charge >= 0.3 is 0 Å². The van der Waals surface area contributed by atoms with Crippen molar-refractivity contribution in [1.29, 1.82) is 0 Å². The van der Waals surface area contributed by atoms with Crippen LogP contribution in [0.5, 0.6) is 0 Å². The SMILES string of the molecule is Cc1cccc(C(O)Cc2ccc(Br)cn2)c1C. The van der Waals surface area contributed by atoms with Crippen LogP contribution in [-0.2, 0) is 6.42 Å². The van der Waals surface area contributed by atoms with Crippen molar-refractivity contribution in [3.63, 3.8) is 0 Å². The highest BCUT2D eigenvalue weighted by atomic mass is 79.9. The summed E-state index contributed by atoms with van der Waals surface area (Å²) >= 11 is 3.35. The van der Waals surface area contributed by atoms with Crippen LogP contribution in [0.3, 0.4) is 0 Å². The van der Waals surface area contributed by atoms with Gasteiger partial charge in [-0.15, -0.1) is 0 Å². The Morgan fingerprint density at radius 1 is 1.22 bits per heavy atom. The maximum atomic E-state index is 10.3. The second kappa shape index (κ2) is 5.63. The number of pyridine rings is 1. The summed E-state index contributed by atoms with van der Waals surface area (Å²) < 4.78 is 0.951. The molecule has 0 amide bonds. The third kappa shape index (κ3) is 2.98. The first kappa shape index (κ1) is 13.2. The minimum atomic E-state index is -0.501. The molecule has 2 rings (SSSR count). The number of nitrogens with zero attached hydrogens (tertiary/aromatic N) is 1. The summed E-state index contributed by atoms with van der Waals surface area (Å²) in [4.78, 5) is 4.29. The average Bonchev–Trinajstić information content (AvgIpc) is 2.35. The monoisotopic (exact) mass is 305 g/mol. The molecule has 0 bridgehead atoms. The lowest BCUT2D eigenvalue weighted by Crippen LogP contribution is -2.05. The zero-order valence-electron chi connectivity index (χ0n) is 10.5. The van der Waals surface area contributed by atoms with Gasteiger partial charge in [-0.1, -0.05) is 18.2 Å². The van der Waals surface area contributed by atoms with Gasteiger partial charge in [0.2, 0.25) is 0 Å². The molecular weight excluding hydrogens is 290 g/mol. The maximum Gasteiger partial charge on any atom is 0.0848 e. The van der Waals surface area contributed by atoms with Crippen LogP contribution in [0.2, 0.25) is 0 Å². The van der Waals surface area contributed by atoms with E-state index in [4.69, 9.17) is 0 Å². The quantitative estimate of drug-likeness (QED) is 0.937. The summed E-state index contributed by atoms with van der Waals surface area (Å²) in [6, 6.07) is 9.89. The molecule has 3 heteroatoms. The van der Waals surface area contributed by atoms with Crippen molar-refractivity contribution in [2.45, 2.75) is 26.4 Å². The Bertz CT molecular complexity index is 537. The van der Waals surface area contributed by atoms with Gasteiger partial charge < -0.3 is 5.11 Å². The lowest BCUT2D eigenvalue weighted by Gasteiger charge is -2.15. The smallest absolute Gasteiger partial charge is 0.0848 e. The number of rotatable bonds is 3. The molecular formula is C15H16BrNO. The van der Waals surface area contributed by atoms with Gasteiger partial charge in [0.05, 0.1) is 6.10 Å². The number of hydrogen-bond acceptors (Lipinski definition) is 2. The Hall–Kier alpha value is -1.19. The first-order valence-corrected chi connectivity index (χ1v) is 6.72. The van der Waals surface area contributed by atoms with Gasteiger partial charge in [-0.05, 0) is 58.6 Å². The van der Waals surface area contributed by atoms with Gasteiger partial charge in [-0.25, -0.2) is 0 Å². The van der Waals surface area contributed by atoms with Gasteiger partial charge in [-0.2, -0.15) is 0 Å². The zero-order chi connectivity index (χ0) is 13.1. The van der Waals surface area contributed by atoms with Crippen molar-refractivity contribution in [2.24, 2.45) is 0 Å². The van der Waals surface area contributed by atoms with E-state index in [1.165, 1.54) is 5.56 Å². The Labute approximate surface area is 116 Å². The summed E-state index contributed by atoms with van der Waals surface area (Å²) in [5.41, 5.74) is 4.24. The largest absolute Gasteiger partial charge is 0.388 e. The highest BCUT2D eigenvalue weighted by Crippen LogP contribution is 2.23. The van der Waals surface area contributed by atoms with Crippen LogP contribution in [0.1, 0.15) is 28.5 Å². The highest BCUT2D eigenvalue weighted by Gasteiger charge is 2.12.